The number of tetrazole rings is 1. The average molecular weight is 587 g/mol. The van der Waals surface area contributed by atoms with Crippen molar-refractivity contribution in [3.05, 3.63) is 108 Å². The van der Waals surface area contributed by atoms with Crippen LogP contribution in [0.2, 0.25) is 0 Å². The lowest BCUT2D eigenvalue weighted by Gasteiger charge is -2.15. The maximum Gasteiger partial charge on any atom is 0.200 e. The van der Waals surface area contributed by atoms with Crippen molar-refractivity contribution in [3.63, 3.8) is 0 Å². The Kier molecular flexibility index (Phi) is 6.09. The highest BCUT2D eigenvalue weighted by Crippen LogP contribution is 2.24. The van der Waals surface area contributed by atoms with Crippen molar-refractivity contribution in [1.82, 2.24) is 25.2 Å². The molecule has 5 aromatic rings. The van der Waals surface area contributed by atoms with Crippen LogP contribution in [-0.4, -0.2) is 25.2 Å². The molecule has 0 aliphatic rings. The summed E-state index contributed by atoms with van der Waals surface area (Å²) >= 11 is 6.54. The van der Waals surface area contributed by atoms with Crippen molar-refractivity contribution in [2.24, 2.45) is 0 Å². The van der Waals surface area contributed by atoms with Gasteiger partial charge in [0, 0.05) is 32.5 Å². The van der Waals surface area contributed by atoms with Crippen LogP contribution in [0.15, 0.2) is 74.5 Å². The molecule has 0 fully saturated rings. The third-order valence-electron chi connectivity index (χ3n) is 5.51. The average Bonchev–Trinajstić information content (AvgIpc) is 3.34. The first-order valence-corrected chi connectivity index (χ1v) is 11.8. The third-order valence-corrected chi connectivity index (χ3v) is 6.50. The van der Waals surface area contributed by atoms with Gasteiger partial charge in [-0.2, -0.15) is 0 Å². The molecular formula is C24H15Br2F2N5O. The van der Waals surface area contributed by atoms with Gasteiger partial charge in [-0.1, -0.05) is 50.1 Å². The number of benzene rings is 3. The van der Waals surface area contributed by atoms with E-state index in [2.05, 4.69) is 52.5 Å². The molecule has 1 N–H and O–H groups in total. The van der Waals surface area contributed by atoms with E-state index in [1.807, 2.05) is 6.07 Å². The van der Waals surface area contributed by atoms with Gasteiger partial charge in [-0.05, 0) is 58.0 Å². The summed E-state index contributed by atoms with van der Waals surface area (Å²) in [4.78, 5) is 13.2. The van der Waals surface area contributed by atoms with Crippen molar-refractivity contribution in [2.75, 3.05) is 0 Å². The molecule has 0 atom stereocenters. The van der Waals surface area contributed by atoms with Gasteiger partial charge in [0.1, 0.15) is 11.6 Å². The molecule has 0 bridgehead atoms. The molecule has 2 heterocycles. The van der Waals surface area contributed by atoms with Crippen molar-refractivity contribution in [2.45, 2.75) is 13.0 Å². The number of aromatic amines is 1. The van der Waals surface area contributed by atoms with Gasteiger partial charge >= 0.3 is 0 Å². The first kappa shape index (κ1) is 22.5. The molecule has 0 saturated carbocycles. The lowest BCUT2D eigenvalue weighted by Crippen LogP contribution is -2.14. The van der Waals surface area contributed by atoms with E-state index < -0.39 is 0 Å². The van der Waals surface area contributed by atoms with Crippen molar-refractivity contribution >= 4 is 42.8 Å². The SMILES string of the molecule is O=c1c(-c2nnn[nH]2)cn(Cc2ccc(Br)cc2F)c2cc(Cc3ccc(Br)cc3F)ccc12. The molecule has 10 heteroatoms. The Balaban J connectivity index is 1.66. The second-order valence-corrected chi connectivity index (χ2v) is 9.58. The molecule has 0 spiro atoms. The molecule has 34 heavy (non-hydrogen) atoms. The predicted molar refractivity (Wildman–Crippen MR) is 131 cm³/mol. The van der Waals surface area contributed by atoms with E-state index in [-0.39, 0.29) is 35.0 Å². The topological polar surface area (TPSA) is 76.5 Å². The second kappa shape index (κ2) is 9.19. The zero-order valence-electron chi connectivity index (χ0n) is 17.4. The fourth-order valence-corrected chi connectivity index (χ4v) is 4.50. The molecule has 0 unspecified atom stereocenters. The van der Waals surface area contributed by atoms with Gasteiger partial charge in [0.15, 0.2) is 11.3 Å². The van der Waals surface area contributed by atoms with Crippen LogP contribution >= 0.6 is 31.9 Å². The molecule has 2 aromatic heterocycles. The Bertz CT molecular complexity index is 1590. The van der Waals surface area contributed by atoms with Gasteiger partial charge in [0.2, 0.25) is 0 Å². The minimum absolute atomic E-state index is 0.167. The Morgan fingerprint density at radius 1 is 0.912 bits per heavy atom. The first-order valence-electron chi connectivity index (χ1n) is 10.2. The second-order valence-electron chi connectivity index (χ2n) is 7.75. The first-order chi connectivity index (χ1) is 16.4. The third kappa shape index (κ3) is 4.43. The number of fused-ring (bicyclic) bond motifs is 1. The van der Waals surface area contributed by atoms with Crippen LogP contribution in [0.1, 0.15) is 16.7 Å². The van der Waals surface area contributed by atoms with E-state index >= 15 is 0 Å². The molecule has 0 radical (unpaired) electrons. The van der Waals surface area contributed by atoms with Crippen LogP contribution < -0.4 is 5.43 Å². The molecule has 5 rings (SSSR count). The van der Waals surface area contributed by atoms with Gasteiger partial charge in [-0.25, -0.2) is 13.9 Å². The van der Waals surface area contributed by atoms with Crippen LogP contribution in [0.5, 0.6) is 0 Å². The highest BCUT2D eigenvalue weighted by molar-refractivity contribution is 9.10. The largest absolute Gasteiger partial charge is 0.342 e. The van der Waals surface area contributed by atoms with Gasteiger partial charge in [-0.3, -0.25) is 4.79 Å². The normalized spacial score (nSPS) is 11.3. The number of rotatable bonds is 5. The number of nitrogens with one attached hydrogen (secondary N) is 1. The zero-order valence-corrected chi connectivity index (χ0v) is 20.6. The number of hydrogen-bond donors (Lipinski definition) is 1. The Labute approximate surface area is 208 Å². The number of pyridine rings is 1. The molecule has 0 aliphatic heterocycles. The van der Waals surface area contributed by atoms with Crippen molar-refractivity contribution < 1.29 is 8.78 Å². The molecule has 0 amide bonds. The summed E-state index contributed by atoms with van der Waals surface area (Å²) in [5, 5.41) is 14.0. The fraction of sp³-hybridized carbons (Fsp3) is 0.0833. The highest BCUT2D eigenvalue weighted by Gasteiger charge is 2.16. The van der Waals surface area contributed by atoms with Crippen molar-refractivity contribution in [1.29, 1.82) is 0 Å². The van der Waals surface area contributed by atoms with Crippen LogP contribution in [0.3, 0.4) is 0 Å². The van der Waals surface area contributed by atoms with E-state index in [1.165, 1.54) is 12.1 Å². The van der Waals surface area contributed by atoms with Crippen molar-refractivity contribution in [3.8, 4) is 11.4 Å². The maximum atomic E-state index is 14.6. The summed E-state index contributed by atoms with van der Waals surface area (Å²) in [6, 6.07) is 15.1. The fourth-order valence-electron chi connectivity index (χ4n) is 3.84. The number of nitrogens with zero attached hydrogens (tertiary/aromatic N) is 4. The summed E-state index contributed by atoms with van der Waals surface area (Å²) in [6.45, 7) is 0.167. The maximum absolute atomic E-state index is 14.6. The summed E-state index contributed by atoms with van der Waals surface area (Å²) < 4.78 is 32.1. The lowest BCUT2D eigenvalue weighted by molar-refractivity contribution is 0.600. The quantitative estimate of drug-likeness (QED) is 0.290. The van der Waals surface area contributed by atoms with E-state index in [4.69, 9.17) is 0 Å². The Morgan fingerprint density at radius 2 is 1.62 bits per heavy atom. The summed E-state index contributed by atoms with van der Waals surface area (Å²) in [5.74, 6) is -0.480. The standard InChI is InChI=1S/C24H15Br2F2N5O/c25-16-4-2-14(20(27)9-16)7-13-1-6-18-22(8-13)33(11-15-3-5-17(26)10-21(15)28)12-19(23(18)34)24-29-31-32-30-24/h1-6,8-10,12H,7,11H2,(H,29,30,31,32). The zero-order chi connectivity index (χ0) is 23.8. The van der Waals surface area contributed by atoms with Crippen LogP contribution in [0, 0.1) is 11.6 Å². The summed E-state index contributed by atoms with van der Waals surface area (Å²) in [5.41, 5.74) is 2.38. The van der Waals surface area contributed by atoms with E-state index in [1.54, 1.807) is 47.2 Å². The van der Waals surface area contributed by atoms with Gasteiger partial charge in [0.25, 0.3) is 0 Å². The summed E-state index contributed by atoms with van der Waals surface area (Å²) in [7, 11) is 0. The van der Waals surface area contributed by atoms with Crippen LogP contribution in [0.4, 0.5) is 8.78 Å². The van der Waals surface area contributed by atoms with Gasteiger partial charge < -0.3 is 4.57 Å². The molecule has 170 valence electrons. The molecule has 0 saturated heterocycles. The molecule has 6 nitrogen and oxygen atoms in total. The minimum Gasteiger partial charge on any atom is -0.342 e. The Morgan fingerprint density at radius 3 is 2.26 bits per heavy atom. The molecule has 3 aromatic carbocycles. The predicted octanol–water partition coefficient (Wildman–Crippen LogP) is 5.62. The number of halogens is 4. The van der Waals surface area contributed by atoms with E-state index in [0.29, 0.717) is 37.4 Å². The highest BCUT2D eigenvalue weighted by atomic mass is 79.9. The molecule has 0 aliphatic carbocycles. The smallest absolute Gasteiger partial charge is 0.200 e. The van der Waals surface area contributed by atoms with E-state index in [9.17, 15) is 13.6 Å². The van der Waals surface area contributed by atoms with E-state index in [0.717, 1.165) is 5.56 Å². The monoisotopic (exact) mass is 585 g/mol. The molecular weight excluding hydrogens is 572 g/mol. The van der Waals surface area contributed by atoms with Crippen LogP contribution in [-0.2, 0) is 13.0 Å². The number of hydrogen-bond acceptors (Lipinski definition) is 4. The Hall–Kier alpha value is -3.24. The van der Waals surface area contributed by atoms with Gasteiger partial charge in [-0.15, -0.1) is 5.10 Å². The number of aromatic nitrogens is 5. The van der Waals surface area contributed by atoms with Gasteiger partial charge in [0.05, 0.1) is 17.6 Å². The summed E-state index contributed by atoms with van der Waals surface area (Å²) in [6.07, 6.45) is 1.95. The minimum atomic E-state index is -0.378. The lowest BCUT2D eigenvalue weighted by atomic mass is 10.0. The van der Waals surface area contributed by atoms with Crippen LogP contribution in [0.25, 0.3) is 22.3 Å². The number of H-pyrrole nitrogens is 1.